The normalized spacial score (nSPS) is 11.9. The summed E-state index contributed by atoms with van der Waals surface area (Å²) in [6, 6.07) is 7.11. The lowest BCUT2D eigenvalue weighted by atomic mass is 10.2. The van der Waals surface area contributed by atoms with Crippen LogP contribution in [0.5, 0.6) is 5.75 Å². The number of alkyl halides is 3. The quantitative estimate of drug-likeness (QED) is 0.818. The van der Waals surface area contributed by atoms with Crippen molar-refractivity contribution in [2.24, 2.45) is 5.92 Å². The fraction of sp³-hybridized carbons (Fsp3) is 0.571. The predicted molar refractivity (Wildman–Crippen MR) is 69.2 cm³/mol. The number of hydrogen-bond acceptors (Lipinski definition) is 2. The molecule has 0 bridgehead atoms. The van der Waals surface area contributed by atoms with Gasteiger partial charge >= 0.3 is 6.18 Å². The summed E-state index contributed by atoms with van der Waals surface area (Å²) in [5, 5.41) is 3.29. The number of rotatable bonds is 7. The smallest absolute Gasteiger partial charge is 0.392 e. The topological polar surface area (TPSA) is 21.3 Å². The van der Waals surface area contributed by atoms with Crippen molar-refractivity contribution in [3.63, 3.8) is 0 Å². The van der Waals surface area contributed by atoms with E-state index < -0.39 is 12.6 Å². The summed E-state index contributed by atoms with van der Waals surface area (Å²) >= 11 is 0. The molecule has 0 fully saturated rings. The first-order chi connectivity index (χ1) is 8.87. The molecule has 0 spiro atoms. The van der Waals surface area contributed by atoms with E-state index >= 15 is 0 Å². The van der Waals surface area contributed by atoms with E-state index in [4.69, 9.17) is 4.74 Å². The molecule has 0 aromatic heterocycles. The molecule has 0 saturated heterocycles. The van der Waals surface area contributed by atoms with Crippen LogP contribution in [-0.4, -0.2) is 19.3 Å². The molecule has 1 rings (SSSR count). The molecule has 1 aromatic carbocycles. The second-order valence-corrected chi connectivity index (χ2v) is 4.88. The highest BCUT2D eigenvalue weighted by Crippen LogP contribution is 2.20. The van der Waals surface area contributed by atoms with Crippen LogP contribution in [0.2, 0.25) is 0 Å². The molecule has 1 aromatic rings. The molecule has 19 heavy (non-hydrogen) atoms. The first-order valence-electron chi connectivity index (χ1n) is 6.36. The highest BCUT2D eigenvalue weighted by atomic mass is 19.4. The van der Waals surface area contributed by atoms with Gasteiger partial charge in [0.15, 0.2) is 0 Å². The Balaban J connectivity index is 2.31. The minimum Gasteiger partial charge on any atom is -0.493 e. The van der Waals surface area contributed by atoms with Crippen molar-refractivity contribution in [1.82, 2.24) is 5.32 Å². The molecule has 0 heterocycles. The summed E-state index contributed by atoms with van der Waals surface area (Å²) in [4.78, 5) is 0. The van der Waals surface area contributed by atoms with Gasteiger partial charge in [-0.1, -0.05) is 26.0 Å². The Hall–Kier alpha value is -1.23. The standard InChI is InChI=1S/C14H20F3NO/c1-11(2)9-18-10-12-3-5-13(6-4-12)19-8-7-14(15,16)17/h3-6,11,18H,7-10H2,1-2H3. The molecule has 0 amide bonds. The Morgan fingerprint density at radius 2 is 1.79 bits per heavy atom. The third kappa shape index (κ3) is 7.72. The lowest BCUT2D eigenvalue weighted by molar-refractivity contribution is -0.139. The maximum absolute atomic E-state index is 11.9. The number of benzene rings is 1. The Labute approximate surface area is 112 Å². The largest absolute Gasteiger partial charge is 0.493 e. The van der Waals surface area contributed by atoms with E-state index in [1.165, 1.54) is 0 Å². The van der Waals surface area contributed by atoms with Gasteiger partial charge < -0.3 is 10.1 Å². The summed E-state index contributed by atoms with van der Waals surface area (Å²) in [6.07, 6.45) is -5.09. The Morgan fingerprint density at radius 3 is 2.32 bits per heavy atom. The molecule has 2 nitrogen and oxygen atoms in total. The van der Waals surface area contributed by atoms with Gasteiger partial charge in [0, 0.05) is 6.54 Å². The molecule has 0 saturated carbocycles. The van der Waals surface area contributed by atoms with Gasteiger partial charge in [-0.15, -0.1) is 0 Å². The predicted octanol–water partition coefficient (Wildman–Crippen LogP) is 3.76. The Kier molecular flexibility index (Phi) is 6.15. The number of halogens is 3. The molecule has 0 aliphatic rings. The molecular formula is C14H20F3NO. The second kappa shape index (κ2) is 7.38. The second-order valence-electron chi connectivity index (χ2n) is 4.88. The summed E-state index contributed by atoms with van der Waals surface area (Å²) in [5.41, 5.74) is 1.09. The maximum Gasteiger partial charge on any atom is 0.392 e. The fourth-order valence-corrected chi connectivity index (χ4v) is 1.49. The number of hydrogen-bond donors (Lipinski definition) is 1. The monoisotopic (exact) mass is 275 g/mol. The van der Waals surface area contributed by atoms with E-state index in [2.05, 4.69) is 19.2 Å². The van der Waals surface area contributed by atoms with Crippen LogP contribution in [0.1, 0.15) is 25.8 Å². The zero-order valence-electron chi connectivity index (χ0n) is 11.3. The lowest BCUT2D eigenvalue weighted by Gasteiger charge is -2.10. The Morgan fingerprint density at radius 1 is 1.16 bits per heavy atom. The molecule has 0 atom stereocenters. The van der Waals surface area contributed by atoms with Crippen LogP contribution in [0.25, 0.3) is 0 Å². The van der Waals surface area contributed by atoms with E-state index in [1.54, 1.807) is 12.1 Å². The number of ether oxygens (including phenoxy) is 1. The van der Waals surface area contributed by atoms with Gasteiger partial charge in [-0.3, -0.25) is 0 Å². The van der Waals surface area contributed by atoms with E-state index in [0.717, 1.165) is 18.7 Å². The molecule has 0 unspecified atom stereocenters. The van der Waals surface area contributed by atoms with Crippen molar-refractivity contribution < 1.29 is 17.9 Å². The van der Waals surface area contributed by atoms with Crippen LogP contribution in [-0.2, 0) is 6.54 Å². The molecule has 0 aliphatic carbocycles. The molecule has 5 heteroatoms. The maximum atomic E-state index is 11.9. The summed E-state index contributed by atoms with van der Waals surface area (Å²) < 4.78 is 40.9. The average Bonchev–Trinajstić information content (AvgIpc) is 2.29. The van der Waals surface area contributed by atoms with Gasteiger partial charge in [0.2, 0.25) is 0 Å². The highest BCUT2D eigenvalue weighted by molar-refractivity contribution is 5.27. The van der Waals surface area contributed by atoms with Crippen molar-refractivity contribution in [2.75, 3.05) is 13.2 Å². The molecular weight excluding hydrogens is 255 g/mol. The third-order valence-corrected chi connectivity index (χ3v) is 2.46. The first kappa shape index (κ1) is 15.8. The van der Waals surface area contributed by atoms with Gasteiger partial charge in [0.25, 0.3) is 0 Å². The van der Waals surface area contributed by atoms with Crippen LogP contribution in [0.4, 0.5) is 13.2 Å². The van der Waals surface area contributed by atoms with Crippen molar-refractivity contribution in [3.8, 4) is 5.75 Å². The van der Waals surface area contributed by atoms with E-state index in [0.29, 0.717) is 11.7 Å². The van der Waals surface area contributed by atoms with Crippen molar-refractivity contribution in [1.29, 1.82) is 0 Å². The minimum atomic E-state index is -4.17. The van der Waals surface area contributed by atoms with Gasteiger partial charge in [0.1, 0.15) is 5.75 Å². The van der Waals surface area contributed by atoms with Crippen LogP contribution < -0.4 is 10.1 Å². The van der Waals surface area contributed by atoms with Crippen molar-refractivity contribution >= 4 is 0 Å². The van der Waals surface area contributed by atoms with Gasteiger partial charge in [-0.2, -0.15) is 13.2 Å². The minimum absolute atomic E-state index is 0.339. The SMILES string of the molecule is CC(C)CNCc1ccc(OCCC(F)(F)F)cc1. The van der Waals surface area contributed by atoms with E-state index in [9.17, 15) is 13.2 Å². The molecule has 108 valence electrons. The van der Waals surface area contributed by atoms with E-state index in [1.807, 2.05) is 12.1 Å². The summed E-state index contributed by atoms with van der Waals surface area (Å²) in [6.45, 7) is 5.61. The van der Waals surface area contributed by atoms with Crippen LogP contribution >= 0.6 is 0 Å². The lowest BCUT2D eigenvalue weighted by Crippen LogP contribution is -2.18. The van der Waals surface area contributed by atoms with Crippen LogP contribution in [0.15, 0.2) is 24.3 Å². The average molecular weight is 275 g/mol. The zero-order valence-corrected chi connectivity index (χ0v) is 11.3. The summed E-state index contributed by atoms with van der Waals surface area (Å²) in [5.74, 6) is 1.06. The Bertz CT molecular complexity index is 360. The molecule has 1 N–H and O–H groups in total. The summed E-state index contributed by atoms with van der Waals surface area (Å²) in [7, 11) is 0. The molecule has 0 aliphatic heterocycles. The van der Waals surface area contributed by atoms with Gasteiger partial charge in [-0.05, 0) is 30.2 Å². The van der Waals surface area contributed by atoms with Gasteiger partial charge in [-0.25, -0.2) is 0 Å². The van der Waals surface area contributed by atoms with E-state index in [-0.39, 0.29) is 6.61 Å². The number of nitrogens with one attached hydrogen (secondary N) is 1. The van der Waals surface area contributed by atoms with Crippen molar-refractivity contribution in [3.05, 3.63) is 29.8 Å². The fourth-order valence-electron chi connectivity index (χ4n) is 1.49. The van der Waals surface area contributed by atoms with Gasteiger partial charge in [0.05, 0.1) is 13.0 Å². The zero-order chi connectivity index (χ0) is 14.3. The van der Waals surface area contributed by atoms with Crippen LogP contribution in [0.3, 0.4) is 0 Å². The molecule has 0 radical (unpaired) electrons. The third-order valence-electron chi connectivity index (χ3n) is 2.46. The highest BCUT2D eigenvalue weighted by Gasteiger charge is 2.26. The van der Waals surface area contributed by atoms with Crippen molar-refractivity contribution in [2.45, 2.75) is 33.0 Å². The van der Waals surface area contributed by atoms with Crippen LogP contribution in [0, 0.1) is 5.92 Å². The first-order valence-corrected chi connectivity index (χ1v) is 6.36.